The average Bonchev–Trinajstić information content (AvgIpc) is 3.52. The van der Waals surface area contributed by atoms with Crippen LogP contribution in [-0.4, -0.2) is 34.4 Å². The molecule has 5 nitrogen and oxygen atoms in total. The molecule has 0 atom stereocenters. The van der Waals surface area contributed by atoms with E-state index < -0.39 is 0 Å². The lowest BCUT2D eigenvalue weighted by Gasteiger charge is -2.30. The van der Waals surface area contributed by atoms with Gasteiger partial charge < -0.3 is 14.8 Å². The van der Waals surface area contributed by atoms with Gasteiger partial charge in [-0.1, -0.05) is 18.2 Å². The van der Waals surface area contributed by atoms with E-state index >= 15 is 0 Å². The van der Waals surface area contributed by atoms with Crippen LogP contribution in [0, 0.1) is 19.8 Å². The molecule has 29 heavy (non-hydrogen) atoms. The smallest absolute Gasteiger partial charge is 0.246 e. The Hall–Kier alpha value is -2.82. The Kier molecular flexibility index (Phi) is 5.56. The Bertz CT molecular complexity index is 917. The molecule has 2 aromatic rings. The minimum absolute atomic E-state index is 0.0307. The van der Waals surface area contributed by atoms with Crippen LogP contribution in [0.2, 0.25) is 0 Å². The molecule has 2 amide bonds. The quantitative estimate of drug-likeness (QED) is 0.772. The third-order valence-electron chi connectivity index (χ3n) is 6.06. The number of hydrogen-bond donors (Lipinski definition) is 1. The predicted octanol–water partition coefficient (Wildman–Crippen LogP) is 4.33. The summed E-state index contributed by atoms with van der Waals surface area (Å²) in [6.45, 7) is 5.51. The summed E-state index contributed by atoms with van der Waals surface area (Å²) in [5.41, 5.74) is 4.45. The van der Waals surface area contributed by atoms with E-state index in [4.69, 9.17) is 0 Å². The molecule has 2 fully saturated rings. The molecule has 0 unspecified atom stereocenters. The number of carbonyl (C=O) groups is 2. The molecule has 2 heterocycles. The first kappa shape index (κ1) is 19.5. The van der Waals surface area contributed by atoms with Crippen molar-refractivity contribution in [3.8, 4) is 0 Å². The van der Waals surface area contributed by atoms with Crippen molar-refractivity contribution in [3.63, 3.8) is 0 Å². The van der Waals surface area contributed by atoms with Gasteiger partial charge in [0.25, 0.3) is 0 Å². The summed E-state index contributed by atoms with van der Waals surface area (Å²) in [6, 6.07) is 12.3. The number of benzene rings is 1. The Labute approximate surface area is 172 Å². The van der Waals surface area contributed by atoms with Crippen LogP contribution in [0.5, 0.6) is 0 Å². The predicted molar refractivity (Wildman–Crippen MR) is 116 cm³/mol. The highest BCUT2D eigenvalue weighted by Crippen LogP contribution is 2.38. The van der Waals surface area contributed by atoms with Gasteiger partial charge in [-0.2, -0.15) is 0 Å². The van der Waals surface area contributed by atoms with Crippen molar-refractivity contribution in [2.45, 2.75) is 45.6 Å². The fourth-order valence-corrected chi connectivity index (χ4v) is 4.26. The lowest BCUT2D eigenvalue weighted by molar-refractivity contribution is -0.130. The highest BCUT2D eigenvalue weighted by Gasteiger charge is 2.28. The second-order valence-electron chi connectivity index (χ2n) is 8.22. The maximum absolute atomic E-state index is 12.6. The highest BCUT2D eigenvalue weighted by molar-refractivity contribution is 5.94. The van der Waals surface area contributed by atoms with Gasteiger partial charge in [0, 0.05) is 48.2 Å². The Balaban J connectivity index is 1.30. The fourth-order valence-electron chi connectivity index (χ4n) is 4.26. The van der Waals surface area contributed by atoms with E-state index in [2.05, 4.69) is 29.8 Å². The maximum Gasteiger partial charge on any atom is 0.246 e. The van der Waals surface area contributed by atoms with Gasteiger partial charge >= 0.3 is 0 Å². The summed E-state index contributed by atoms with van der Waals surface area (Å²) in [6.07, 6.45) is 7.54. The first-order valence-corrected chi connectivity index (χ1v) is 10.5. The molecule has 0 bridgehead atoms. The Morgan fingerprint density at radius 1 is 1.03 bits per heavy atom. The summed E-state index contributed by atoms with van der Waals surface area (Å²) < 4.78 is 2.39. The second kappa shape index (κ2) is 8.27. The summed E-state index contributed by atoms with van der Waals surface area (Å²) in [7, 11) is 0. The average molecular weight is 392 g/mol. The van der Waals surface area contributed by atoms with E-state index in [9.17, 15) is 9.59 Å². The van der Waals surface area contributed by atoms with Gasteiger partial charge in [-0.15, -0.1) is 0 Å². The largest absolute Gasteiger partial charge is 0.346 e. The number of nitrogens with zero attached hydrogens (tertiary/aromatic N) is 2. The zero-order valence-electron chi connectivity index (χ0n) is 17.2. The number of aromatic nitrogens is 1. The Morgan fingerprint density at radius 2 is 1.72 bits per heavy atom. The molecule has 4 rings (SSSR count). The number of hydrogen-bond acceptors (Lipinski definition) is 2. The van der Waals surface area contributed by atoms with E-state index in [-0.39, 0.29) is 17.7 Å². The van der Waals surface area contributed by atoms with Crippen LogP contribution in [0.4, 0.5) is 5.69 Å². The van der Waals surface area contributed by atoms with Gasteiger partial charge in [0.1, 0.15) is 0 Å². The van der Waals surface area contributed by atoms with Crippen LogP contribution in [0.25, 0.3) is 6.08 Å². The molecule has 152 valence electrons. The third-order valence-corrected chi connectivity index (χ3v) is 6.06. The van der Waals surface area contributed by atoms with Crippen LogP contribution in [-0.2, 0) is 9.59 Å². The molecule has 5 heteroatoms. The molecule has 1 saturated carbocycles. The van der Waals surface area contributed by atoms with Crippen molar-refractivity contribution in [1.29, 1.82) is 0 Å². The molecule has 2 aliphatic rings. The summed E-state index contributed by atoms with van der Waals surface area (Å²) >= 11 is 0. The summed E-state index contributed by atoms with van der Waals surface area (Å²) in [5, 5.41) is 2.97. The topological polar surface area (TPSA) is 54.3 Å². The second-order valence-corrected chi connectivity index (χ2v) is 8.22. The zero-order chi connectivity index (χ0) is 20.4. The van der Waals surface area contributed by atoms with Crippen molar-refractivity contribution >= 4 is 23.6 Å². The molecule has 1 saturated heterocycles. The number of likely N-dealkylation sites (tertiary alicyclic amines) is 1. The molecule has 1 aliphatic carbocycles. The van der Waals surface area contributed by atoms with Crippen LogP contribution in [0.3, 0.4) is 0 Å². The zero-order valence-corrected chi connectivity index (χ0v) is 17.2. The molecular formula is C24H29N3O2. The van der Waals surface area contributed by atoms with Crippen LogP contribution in [0.1, 0.15) is 48.7 Å². The number of nitrogens with one attached hydrogen (secondary N) is 1. The van der Waals surface area contributed by atoms with E-state index in [1.54, 1.807) is 6.08 Å². The van der Waals surface area contributed by atoms with Crippen molar-refractivity contribution in [2.24, 2.45) is 5.92 Å². The molecule has 1 N–H and O–H groups in total. The lowest BCUT2D eigenvalue weighted by Crippen LogP contribution is -2.40. The van der Waals surface area contributed by atoms with Crippen LogP contribution >= 0.6 is 0 Å². The minimum Gasteiger partial charge on any atom is -0.346 e. The molecule has 1 aromatic heterocycles. The van der Waals surface area contributed by atoms with Crippen LogP contribution in [0.15, 0.2) is 42.5 Å². The van der Waals surface area contributed by atoms with Gasteiger partial charge in [-0.25, -0.2) is 0 Å². The fraction of sp³-hybridized carbons (Fsp3) is 0.417. The lowest BCUT2D eigenvalue weighted by atomic mass is 9.95. The molecule has 1 aliphatic heterocycles. The first-order valence-electron chi connectivity index (χ1n) is 10.5. The van der Waals surface area contributed by atoms with E-state index in [1.807, 2.05) is 41.3 Å². The SMILES string of the molecule is Cc1cc(C=CC(=O)N2CCC(C(=O)Nc3ccccc3)CC2)c(C)n1C1CC1. The number of para-hydroxylation sites is 1. The van der Waals surface area contributed by atoms with Gasteiger partial charge in [-0.3, -0.25) is 9.59 Å². The van der Waals surface area contributed by atoms with Crippen molar-refractivity contribution in [1.82, 2.24) is 9.47 Å². The summed E-state index contributed by atoms with van der Waals surface area (Å²) in [5.74, 6) is 0.0372. The molecular weight excluding hydrogens is 362 g/mol. The van der Waals surface area contributed by atoms with Crippen LogP contribution < -0.4 is 5.32 Å². The van der Waals surface area contributed by atoms with E-state index in [0.29, 0.717) is 32.0 Å². The number of rotatable bonds is 5. The number of carbonyl (C=O) groups excluding carboxylic acids is 2. The van der Waals surface area contributed by atoms with E-state index in [0.717, 1.165) is 11.3 Å². The number of anilines is 1. The van der Waals surface area contributed by atoms with E-state index in [1.165, 1.54) is 24.2 Å². The molecule has 1 aromatic carbocycles. The summed E-state index contributed by atoms with van der Waals surface area (Å²) in [4.78, 5) is 26.9. The maximum atomic E-state index is 12.6. The highest BCUT2D eigenvalue weighted by atomic mass is 16.2. The van der Waals surface area contributed by atoms with Gasteiger partial charge in [0.2, 0.25) is 11.8 Å². The first-order chi connectivity index (χ1) is 14.0. The molecule has 0 spiro atoms. The van der Waals surface area contributed by atoms with Crippen molar-refractivity contribution in [2.75, 3.05) is 18.4 Å². The number of aryl methyl sites for hydroxylation is 1. The van der Waals surface area contributed by atoms with Gasteiger partial charge in [0.05, 0.1) is 0 Å². The van der Waals surface area contributed by atoms with Gasteiger partial charge in [0.15, 0.2) is 0 Å². The van der Waals surface area contributed by atoms with Crippen molar-refractivity contribution in [3.05, 3.63) is 59.4 Å². The standard InChI is InChI=1S/C24H29N3O2/c1-17-16-20(18(2)27(17)22-9-10-22)8-11-23(28)26-14-12-19(13-15-26)24(29)25-21-6-4-3-5-7-21/h3-8,11,16,19,22H,9-10,12-15H2,1-2H3,(H,25,29). The Morgan fingerprint density at radius 3 is 2.38 bits per heavy atom. The third kappa shape index (κ3) is 4.44. The minimum atomic E-state index is -0.0410. The van der Waals surface area contributed by atoms with Gasteiger partial charge in [-0.05, 0) is 69.4 Å². The number of amides is 2. The van der Waals surface area contributed by atoms with Crippen molar-refractivity contribution < 1.29 is 9.59 Å². The normalized spacial score (nSPS) is 17.7. The molecule has 0 radical (unpaired) electrons. The number of piperidine rings is 1. The monoisotopic (exact) mass is 391 g/mol.